The summed E-state index contributed by atoms with van der Waals surface area (Å²) in [5.41, 5.74) is 19.6. The van der Waals surface area contributed by atoms with Crippen LogP contribution >= 0.6 is 0 Å². The van der Waals surface area contributed by atoms with Crippen molar-refractivity contribution < 1.29 is 109 Å². The first kappa shape index (κ1) is 118. The third kappa shape index (κ3) is 47.1. The smallest absolute Gasteiger partial charge is 0.162 e. The number of carbonyl (C=O) groups is 3. The van der Waals surface area contributed by atoms with Crippen molar-refractivity contribution in [3.05, 3.63) is 361 Å². The maximum Gasteiger partial charge on any atom is 0.162 e. The van der Waals surface area contributed by atoms with E-state index >= 15 is 0 Å². The summed E-state index contributed by atoms with van der Waals surface area (Å²) in [4.78, 5) is 59.9. The van der Waals surface area contributed by atoms with Crippen LogP contribution in [0.25, 0.3) is 67.5 Å². The molecule has 0 bridgehead atoms. The Morgan fingerprint density at radius 1 is 0.279 bits per heavy atom. The SMILES string of the molecule is CC(=O)C=C(C)O.CCC(CC)C(=O)C=C(O)C(CC)CC.CCC(CC)C(=O)C=C(O)C(CC)CC.[Ir].[Ir].[Ir].[c-]1ccc(CCCCCCCCc2cc[c-]c(-c3ccccn3)c2)cc1-c1ccccn1.[c-]1ccc(CCOCCOCCc2cc[c-]c(-c3ccccn3)c2)cc1-c1ccccn1.[c-]1ccc(CCOCCOCCc2cc[c-]c(-c3ccccn3)c2)cc1-c1ccccn1. The van der Waals surface area contributed by atoms with Crippen LogP contribution in [-0.4, -0.2) is 115 Å². The Morgan fingerprint density at radius 2 is 0.485 bits per heavy atom. The van der Waals surface area contributed by atoms with Gasteiger partial charge in [-0.25, -0.2) is 0 Å². The van der Waals surface area contributed by atoms with E-state index in [1.54, 1.807) is 24.8 Å². The van der Waals surface area contributed by atoms with Gasteiger partial charge in [0.2, 0.25) is 0 Å². The molecule has 3 radical (unpaired) electrons. The zero-order chi connectivity index (χ0) is 95.1. The fourth-order valence-corrected chi connectivity index (χ4v) is 14.7. The summed E-state index contributed by atoms with van der Waals surface area (Å²) < 4.78 is 23.0. The maximum atomic E-state index is 11.7. The first-order valence-corrected chi connectivity index (χ1v) is 47.6. The van der Waals surface area contributed by atoms with Crippen LogP contribution in [0.3, 0.4) is 0 Å². The number of aryl methyl sites for hydroxylation is 2. The Kier molecular flexibility index (Phi) is 62.5. The second-order valence-electron chi connectivity index (χ2n) is 32.4. The zero-order valence-electron chi connectivity index (χ0n) is 81.0. The maximum absolute atomic E-state index is 11.7. The average Bonchev–Trinajstić information content (AvgIpc) is 0.878. The quantitative estimate of drug-likeness (QED) is 0.0139. The molecule has 0 atom stereocenters. The van der Waals surface area contributed by atoms with E-state index in [0.29, 0.717) is 52.9 Å². The minimum Gasteiger partial charge on any atom is -0.512 e. The van der Waals surface area contributed by atoms with Crippen LogP contribution in [0, 0.1) is 60.1 Å². The van der Waals surface area contributed by atoms with Gasteiger partial charge in [-0.05, 0) is 174 Å². The van der Waals surface area contributed by atoms with Crippen molar-refractivity contribution in [2.45, 2.75) is 198 Å². The van der Waals surface area contributed by atoms with Crippen LogP contribution in [0.15, 0.2) is 291 Å². The van der Waals surface area contributed by atoms with E-state index in [2.05, 4.69) is 139 Å². The molecular weight excluding hydrogens is 2230 g/mol. The first-order chi connectivity index (χ1) is 65.0. The van der Waals surface area contributed by atoms with E-state index < -0.39 is 0 Å². The van der Waals surface area contributed by atoms with Crippen LogP contribution in [-0.2, 0) is 132 Å². The minimum absolute atomic E-state index is 0. The van der Waals surface area contributed by atoms with E-state index in [1.807, 2.05) is 213 Å². The van der Waals surface area contributed by atoms with Gasteiger partial charge in [-0.1, -0.05) is 167 Å². The molecule has 6 heterocycles. The molecule has 0 aliphatic heterocycles. The van der Waals surface area contributed by atoms with Crippen molar-refractivity contribution in [3.63, 3.8) is 0 Å². The first-order valence-electron chi connectivity index (χ1n) is 47.6. The molecule has 0 saturated carbocycles. The van der Waals surface area contributed by atoms with Gasteiger partial charge in [0.1, 0.15) is 0 Å². The number of aliphatic hydroxyl groups is 3. The Morgan fingerprint density at radius 3 is 0.662 bits per heavy atom. The Hall–Kier alpha value is -10.4. The standard InChI is InChI=1S/C30H30N2.2C28H26N2O2.2C13H24O2.C5H8O2.3Ir/c1(3-5-13-25-15-11-17-27(23-25)29-19-7-9-21-31-29)2-4-6-14-26-16-12-18-28(24-26)30-20-8-10-22-32-30;2*1-3-15-29-27(11-1)25-9-5-7-23(21-25)13-17-31-19-20-32-18-14-24-8-6-10-26(22-24)28-12-2-4-16-30-28;2*1-5-10(6-2)12(14)9-13(15)11(7-3)8-4;1-4(6)3-5(2)7;;;/h7-12,15-16,19-24H,1-6,13-14H2;2*1-8,11-12,15-16,21-22H,13-14,17-20H2;2*9-11,14H,5-8H2,1-4H3;3,6H,1-2H3;;;/q3*-2;;;;;;. The van der Waals surface area contributed by atoms with Crippen molar-refractivity contribution in [1.82, 2.24) is 29.9 Å². The van der Waals surface area contributed by atoms with Gasteiger partial charge in [0.05, 0.1) is 43.7 Å². The number of unbranched alkanes of at least 4 members (excludes halogenated alkanes) is 5. The minimum atomic E-state index is -0.125. The average molecular weight is 2370 g/mol. The van der Waals surface area contributed by atoms with Gasteiger partial charge in [-0.15, -0.1) is 212 Å². The summed E-state index contributed by atoms with van der Waals surface area (Å²) in [5, 5.41) is 27.9. The predicted molar refractivity (Wildman–Crippen MR) is 539 cm³/mol. The molecule has 729 valence electrons. The second-order valence-corrected chi connectivity index (χ2v) is 32.4. The van der Waals surface area contributed by atoms with Gasteiger partial charge in [-0.3, -0.25) is 14.4 Å². The zero-order valence-corrected chi connectivity index (χ0v) is 88.2. The molecule has 0 spiro atoms. The molecule has 0 unspecified atom stereocenters. The van der Waals surface area contributed by atoms with Gasteiger partial charge in [0, 0.05) is 166 Å². The van der Waals surface area contributed by atoms with E-state index in [1.165, 1.54) is 104 Å². The van der Waals surface area contributed by atoms with Crippen molar-refractivity contribution in [2.75, 3.05) is 52.9 Å². The van der Waals surface area contributed by atoms with Crippen molar-refractivity contribution >= 4 is 17.3 Å². The van der Waals surface area contributed by atoms with Crippen LogP contribution in [0.5, 0.6) is 0 Å². The number of hydrogen-bond donors (Lipinski definition) is 3. The summed E-state index contributed by atoms with van der Waals surface area (Å²) in [6, 6.07) is 92.7. The molecule has 0 fully saturated rings. The topological polar surface area (TPSA) is 226 Å². The molecule has 0 saturated heterocycles. The number of aliphatic hydroxyl groups excluding tert-OH is 3. The van der Waals surface area contributed by atoms with Gasteiger partial charge in [-0.2, -0.15) is 0 Å². The second kappa shape index (κ2) is 72.0. The molecule has 136 heavy (non-hydrogen) atoms. The number of allylic oxidation sites excluding steroid dienone is 6. The molecule has 12 aromatic rings. The summed E-state index contributed by atoms with van der Waals surface area (Å²) in [7, 11) is 0. The fourth-order valence-electron chi connectivity index (χ4n) is 14.7. The van der Waals surface area contributed by atoms with E-state index in [-0.39, 0.29) is 119 Å². The van der Waals surface area contributed by atoms with Crippen LogP contribution in [0.2, 0.25) is 0 Å². The normalized spacial score (nSPS) is 11.0. The number of hydrogen-bond acceptors (Lipinski definition) is 16. The van der Waals surface area contributed by atoms with Crippen molar-refractivity contribution in [2.24, 2.45) is 23.7 Å². The van der Waals surface area contributed by atoms with Gasteiger partial charge in [0.25, 0.3) is 0 Å². The number of carbonyl (C=O) groups excluding carboxylic acids is 3. The van der Waals surface area contributed by atoms with E-state index in [4.69, 9.17) is 24.1 Å². The Balaban J connectivity index is 0.000000358. The molecule has 0 aliphatic carbocycles. The predicted octanol–water partition coefficient (Wildman–Crippen LogP) is 26.8. The number of pyridine rings is 6. The van der Waals surface area contributed by atoms with Crippen LogP contribution < -0.4 is 0 Å². The van der Waals surface area contributed by atoms with Crippen molar-refractivity contribution in [3.8, 4) is 67.5 Å². The van der Waals surface area contributed by atoms with Crippen molar-refractivity contribution in [1.29, 1.82) is 0 Å². The molecule has 6 aromatic carbocycles. The van der Waals surface area contributed by atoms with Crippen LogP contribution in [0.1, 0.15) is 193 Å². The summed E-state index contributed by atoms with van der Waals surface area (Å²) >= 11 is 0. The number of ether oxygens (including phenoxy) is 4. The molecule has 3 N–H and O–H groups in total. The number of nitrogens with zero attached hydrogens (tertiary/aromatic N) is 6. The monoisotopic (exact) mass is 2370 g/mol. The van der Waals surface area contributed by atoms with Gasteiger partial charge < -0.3 is 64.2 Å². The third-order valence-electron chi connectivity index (χ3n) is 22.5. The number of ketones is 3. The molecule has 12 rings (SSSR count). The van der Waals surface area contributed by atoms with E-state index in [0.717, 1.165) is 157 Å². The Labute approximate surface area is 852 Å². The number of rotatable bonds is 48. The largest absolute Gasteiger partial charge is 0.512 e. The third-order valence-corrected chi connectivity index (χ3v) is 22.5. The molecule has 19 heteroatoms. The van der Waals surface area contributed by atoms with E-state index in [9.17, 15) is 24.6 Å². The van der Waals surface area contributed by atoms with Gasteiger partial charge >= 0.3 is 0 Å². The molecular formula is C117H138Ir3N6O10-6. The Bertz CT molecular complexity index is 4550. The number of benzene rings is 6. The summed E-state index contributed by atoms with van der Waals surface area (Å²) in [6.45, 7) is 24.0. The van der Waals surface area contributed by atoms with Crippen LogP contribution in [0.4, 0.5) is 0 Å². The van der Waals surface area contributed by atoms with Gasteiger partial charge in [0.15, 0.2) is 17.3 Å². The summed E-state index contributed by atoms with van der Waals surface area (Å²) in [6.07, 6.45) is 35.2. The molecule has 0 aliphatic rings. The molecule has 0 amide bonds. The number of aromatic nitrogens is 6. The fraction of sp³-hybridized carbons (Fsp3) is 0.359. The molecule has 16 nitrogen and oxygen atoms in total. The molecule has 6 aromatic heterocycles. The summed E-state index contributed by atoms with van der Waals surface area (Å²) in [5.74, 6) is 1.03.